The molecule has 0 saturated heterocycles. The maximum Gasteiger partial charge on any atom is 0.0763 e. The molecule has 0 aliphatic carbocycles. The highest BCUT2D eigenvalue weighted by atomic mass is 35.5. The van der Waals surface area contributed by atoms with Crippen LogP contribution < -0.4 is 5.32 Å². The van der Waals surface area contributed by atoms with Crippen LogP contribution in [0.4, 0.5) is 0 Å². The number of thiophene rings is 1. The number of nitrogens with zero attached hydrogens (tertiary/aromatic N) is 1. The van der Waals surface area contributed by atoms with Crippen LogP contribution in [0.5, 0.6) is 0 Å². The van der Waals surface area contributed by atoms with Crippen LogP contribution in [0.25, 0.3) is 0 Å². The predicted molar refractivity (Wildman–Crippen MR) is 74.1 cm³/mol. The highest BCUT2D eigenvalue weighted by Crippen LogP contribution is 2.27. The Labute approximate surface area is 115 Å². The minimum Gasteiger partial charge on any atom is -0.311 e. The summed E-state index contributed by atoms with van der Waals surface area (Å²) in [6.07, 6.45) is 2.50. The van der Waals surface area contributed by atoms with Gasteiger partial charge in [-0.15, -0.1) is 11.3 Å². The van der Waals surface area contributed by atoms with E-state index in [1.54, 1.807) is 23.6 Å². The highest BCUT2D eigenvalue weighted by molar-refractivity contribution is 7.09. The van der Waals surface area contributed by atoms with Crippen molar-refractivity contribution in [3.8, 4) is 0 Å². The molecule has 0 aliphatic rings. The van der Waals surface area contributed by atoms with Gasteiger partial charge in [0.15, 0.2) is 0 Å². The van der Waals surface area contributed by atoms with E-state index in [4.69, 9.17) is 23.2 Å². The van der Waals surface area contributed by atoms with E-state index in [1.807, 2.05) is 13.1 Å². The summed E-state index contributed by atoms with van der Waals surface area (Å²) in [5.41, 5.74) is 0.840. The van der Waals surface area contributed by atoms with E-state index in [0.717, 1.165) is 12.1 Å². The van der Waals surface area contributed by atoms with Crippen molar-refractivity contribution in [1.82, 2.24) is 10.3 Å². The van der Waals surface area contributed by atoms with Gasteiger partial charge in [0.2, 0.25) is 0 Å². The zero-order valence-electron chi connectivity index (χ0n) is 9.28. The fourth-order valence-electron chi connectivity index (χ4n) is 1.65. The Morgan fingerprint density at radius 1 is 1.47 bits per heavy atom. The summed E-state index contributed by atoms with van der Waals surface area (Å²) in [7, 11) is 1.91. The summed E-state index contributed by atoms with van der Waals surface area (Å²) in [6, 6.07) is 5.99. The Kier molecular flexibility index (Phi) is 4.40. The molecule has 0 fully saturated rings. The first-order valence-electron chi connectivity index (χ1n) is 5.21. The summed E-state index contributed by atoms with van der Waals surface area (Å²) in [5, 5.41) is 6.47. The van der Waals surface area contributed by atoms with Gasteiger partial charge in [-0.1, -0.05) is 29.3 Å². The van der Waals surface area contributed by atoms with Gasteiger partial charge < -0.3 is 5.32 Å². The molecule has 1 unspecified atom stereocenters. The number of likely N-dealkylation sites (N-methyl/N-ethyl adjacent to an activating group) is 1. The van der Waals surface area contributed by atoms with Crippen molar-refractivity contribution in [1.29, 1.82) is 0 Å². The highest BCUT2D eigenvalue weighted by Gasteiger charge is 2.15. The maximum absolute atomic E-state index is 6.16. The number of pyridine rings is 1. The van der Waals surface area contributed by atoms with Gasteiger partial charge in [0.25, 0.3) is 0 Å². The molecule has 1 atom stereocenters. The standard InChI is InChI=1S/C12H12Cl2N2S/c1-15-11(6-9-3-2-4-17-9)12-10(14)5-8(13)7-16-12/h2-5,7,11,15H,6H2,1H3. The van der Waals surface area contributed by atoms with E-state index >= 15 is 0 Å². The van der Waals surface area contributed by atoms with Gasteiger partial charge in [-0.25, -0.2) is 0 Å². The molecule has 2 aromatic rings. The third kappa shape index (κ3) is 3.19. The Morgan fingerprint density at radius 3 is 2.88 bits per heavy atom. The van der Waals surface area contributed by atoms with Crippen LogP contribution in [-0.4, -0.2) is 12.0 Å². The number of halogens is 2. The van der Waals surface area contributed by atoms with Crippen molar-refractivity contribution in [2.24, 2.45) is 0 Å². The second kappa shape index (κ2) is 5.83. The van der Waals surface area contributed by atoms with Crippen LogP contribution in [0.15, 0.2) is 29.8 Å². The first-order valence-corrected chi connectivity index (χ1v) is 6.85. The number of aromatic nitrogens is 1. The molecule has 0 radical (unpaired) electrons. The van der Waals surface area contributed by atoms with Gasteiger partial charge in [-0.3, -0.25) is 4.98 Å². The summed E-state index contributed by atoms with van der Waals surface area (Å²) >= 11 is 13.7. The molecule has 0 bridgehead atoms. The van der Waals surface area contributed by atoms with E-state index in [0.29, 0.717) is 10.0 Å². The van der Waals surface area contributed by atoms with Gasteiger partial charge in [-0.05, 0) is 24.6 Å². The van der Waals surface area contributed by atoms with E-state index in [-0.39, 0.29) is 6.04 Å². The zero-order valence-corrected chi connectivity index (χ0v) is 11.6. The molecule has 5 heteroatoms. The van der Waals surface area contributed by atoms with Crippen LogP contribution in [0.3, 0.4) is 0 Å². The minimum absolute atomic E-state index is 0.110. The molecule has 2 heterocycles. The Hall–Kier alpha value is -0.610. The Morgan fingerprint density at radius 2 is 2.29 bits per heavy atom. The molecule has 2 rings (SSSR count). The van der Waals surface area contributed by atoms with Crippen molar-refractivity contribution < 1.29 is 0 Å². The lowest BCUT2D eigenvalue weighted by atomic mass is 10.1. The van der Waals surface area contributed by atoms with Crippen molar-refractivity contribution in [2.45, 2.75) is 12.5 Å². The van der Waals surface area contributed by atoms with Crippen molar-refractivity contribution >= 4 is 34.5 Å². The van der Waals surface area contributed by atoms with E-state index < -0.39 is 0 Å². The van der Waals surface area contributed by atoms with Crippen LogP contribution in [0.2, 0.25) is 10.0 Å². The van der Waals surface area contributed by atoms with Gasteiger partial charge in [0.1, 0.15) is 0 Å². The molecule has 0 spiro atoms. The molecule has 0 saturated carbocycles. The fraction of sp³-hybridized carbons (Fsp3) is 0.250. The number of rotatable bonds is 4. The largest absolute Gasteiger partial charge is 0.311 e. The molecule has 2 nitrogen and oxygen atoms in total. The first-order chi connectivity index (χ1) is 8.20. The number of hydrogen-bond acceptors (Lipinski definition) is 3. The molecule has 17 heavy (non-hydrogen) atoms. The molecule has 0 amide bonds. The Balaban J connectivity index is 2.23. The third-order valence-corrected chi connectivity index (χ3v) is 3.91. The number of hydrogen-bond donors (Lipinski definition) is 1. The van der Waals surface area contributed by atoms with Crippen LogP contribution in [0.1, 0.15) is 16.6 Å². The van der Waals surface area contributed by atoms with Gasteiger partial charge in [-0.2, -0.15) is 0 Å². The lowest BCUT2D eigenvalue weighted by molar-refractivity contribution is 0.580. The maximum atomic E-state index is 6.16. The monoisotopic (exact) mass is 286 g/mol. The zero-order chi connectivity index (χ0) is 12.3. The Bertz CT molecular complexity index is 485. The van der Waals surface area contributed by atoms with Crippen LogP contribution in [-0.2, 0) is 6.42 Å². The number of nitrogens with one attached hydrogen (secondary N) is 1. The van der Waals surface area contributed by atoms with E-state index in [9.17, 15) is 0 Å². The average Bonchev–Trinajstić information content (AvgIpc) is 2.79. The van der Waals surface area contributed by atoms with E-state index in [1.165, 1.54) is 4.88 Å². The van der Waals surface area contributed by atoms with Crippen LogP contribution in [0, 0.1) is 0 Å². The molecule has 0 aliphatic heterocycles. The molecule has 90 valence electrons. The lowest BCUT2D eigenvalue weighted by Gasteiger charge is -2.16. The SMILES string of the molecule is CNC(Cc1cccs1)c1ncc(Cl)cc1Cl. The first kappa shape index (κ1) is 12.8. The fourth-order valence-corrected chi connectivity index (χ4v) is 2.91. The normalized spacial score (nSPS) is 12.6. The van der Waals surface area contributed by atoms with Gasteiger partial charge >= 0.3 is 0 Å². The average molecular weight is 287 g/mol. The molecule has 2 aromatic heterocycles. The minimum atomic E-state index is 0.110. The topological polar surface area (TPSA) is 24.9 Å². The van der Waals surface area contributed by atoms with Crippen molar-refractivity contribution in [3.05, 3.63) is 50.4 Å². The summed E-state index contributed by atoms with van der Waals surface area (Å²) < 4.78 is 0. The second-order valence-corrected chi connectivity index (χ2v) is 5.52. The van der Waals surface area contributed by atoms with Gasteiger partial charge in [0.05, 0.1) is 21.8 Å². The van der Waals surface area contributed by atoms with Gasteiger partial charge in [0, 0.05) is 17.5 Å². The molecular formula is C12H12Cl2N2S. The third-order valence-electron chi connectivity index (χ3n) is 2.50. The quantitative estimate of drug-likeness (QED) is 0.921. The van der Waals surface area contributed by atoms with Crippen molar-refractivity contribution in [2.75, 3.05) is 7.05 Å². The summed E-state index contributed by atoms with van der Waals surface area (Å²) in [6.45, 7) is 0. The smallest absolute Gasteiger partial charge is 0.0763 e. The van der Waals surface area contributed by atoms with E-state index in [2.05, 4.69) is 21.7 Å². The second-order valence-electron chi connectivity index (χ2n) is 3.65. The van der Waals surface area contributed by atoms with Crippen molar-refractivity contribution in [3.63, 3.8) is 0 Å². The summed E-state index contributed by atoms with van der Waals surface area (Å²) in [4.78, 5) is 5.61. The predicted octanol–water partition coefficient (Wildman–Crippen LogP) is 3.95. The molecule has 0 aromatic carbocycles. The van der Waals surface area contributed by atoms with Crippen LogP contribution >= 0.6 is 34.5 Å². The molecular weight excluding hydrogens is 275 g/mol. The summed E-state index contributed by atoms with van der Waals surface area (Å²) in [5.74, 6) is 0. The molecule has 1 N–H and O–H groups in total. The lowest BCUT2D eigenvalue weighted by Crippen LogP contribution is -2.20.